The third-order valence-corrected chi connectivity index (χ3v) is 7.99. The maximum absolute atomic E-state index is 13.1. The predicted octanol–water partition coefficient (Wildman–Crippen LogP) is 2.70. The Morgan fingerprint density at radius 2 is 1.87 bits per heavy atom. The number of aromatic nitrogens is 1. The zero-order valence-electron chi connectivity index (χ0n) is 9.02. The molecule has 15 heavy (non-hydrogen) atoms. The first-order valence-corrected chi connectivity index (χ1v) is 7.58. The van der Waals surface area contributed by atoms with Gasteiger partial charge in [0.05, 0.1) is 0 Å². The molecule has 3 heteroatoms. The SMILES string of the molecule is Cc1ccncc1P(=O)(C1CC1)C1CC1. The van der Waals surface area contributed by atoms with E-state index in [4.69, 9.17) is 0 Å². The van der Waals surface area contributed by atoms with Gasteiger partial charge in [0.15, 0.2) is 0 Å². The number of pyridine rings is 1. The van der Waals surface area contributed by atoms with E-state index in [1.54, 1.807) is 6.20 Å². The minimum atomic E-state index is -2.09. The van der Waals surface area contributed by atoms with Crippen LogP contribution in [-0.4, -0.2) is 16.3 Å². The van der Waals surface area contributed by atoms with Crippen molar-refractivity contribution in [3.05, 3.63) is 24.0 Å². The summed E-state index contributed by atoms with van der Waals surface area (Å²) < 4.78 is 13.1. The largest absolute Gasteiger partial charge is 0.318 e. The fraction of sp³-hybridized carbons (Fsp3) is 0.583. The second kappa shape index (κ2) is 3.18. The number of aryl methyl sites for hydroxylation is 1. The average molecular weight is 221 g/mol. The Balaban J connectivity index is 2.09. The lowest BCUT2D eigenvalue weighted by Crippen LogP contribution is -2.15. The molecule has 0 amide bonds. The lowest BCUT2D eigenvalue weighted by atomic mass is 10.3. The summed E-state index contributed by atoms with van der Waals surface area (Å²) in [5.74, 6) is 0. The van der Waals surface area contributed by atoms with Crippen LogP contribution in [0.15, 0.2) is 18.5 Å². The molecule has 0 radical (unpaired) electrons. The molecule has 0 saturated heterocycles. The fourth-order valence-electron chi connectivity index (χ4n) is 2.43. The van der Waals surface area contributed by atoms with Crippen LogP contribution in [0, 0.1) is 6.92 Å². The monoisotopic (exact) mass is 221 g/mol. The van der Waals surface area contributed by atoms with E-state index in [0.29, 0.717) is 11.3 Å². The van der Waals surface area contributed by atoms with Crippen LogP contribution in [0.4, 0.5) is 0 Å². The topological polar surface area (TPSA) is 30.0 Å². The molecule has 2 aliphatic rings. The van der Waals surface area contributed by atoms with Crippen molar-refractivity contribution < 1.29 is 4.57 Å². The first-order valence-electron chi connectivity index (χ1n) is 5.73. The maximum Gasteiger partial charge on any atom is 0.123 e. The van der Waals surface area contributed by atoms with Gasteiger partial charge in [0.1, 0.15) is 7.14 Å². The normalized spacial score (nSPS) is 21.7. The summed E-state index contributed by atoms with van der Waals surface area (Å²) in [4.78, 5) is 4.16. The molecule has 2 nitrogen and oxygen atoms in total. The van der Waals surface area contributed by atoms with Gasteiger partial charge < -0.3 is 4.57 Å². The Bertz CT molecular complexity index is 419. The van der Waals surface area contributed by atoms with Gasteiger partial charge in [-0.3, -0.25) is 4.98 Å². The Morgan fingerprint density at radius 3 is 2.33 bits per heavy atom. The average Bonchev–Trinajstić information content (AvgIpc) is 3.06. The van der Waals surface area contributed by atoms with E-state index in [-0.39, 0.29) is 0 Å². The second-order valence-electron chi connectivity index (χ2n) is 4.83. The van der Waals surface area contributed by atoms with Crippen molar-refractivity contribution in [2.45, 2.75) is 43.9 Å². The van der Waals surface area contributed by atoms with Crippen molar-refractivity contribution in [2.75, 3.05) is 0 Å². The third-order valence-electron chi connectivity index (χ3n) is 3.57. The maximum atomic E-state index is 13.1. The fourth-order valence-corrected chi connectivity index (χ4v) is 6.52. The molecule has 2 fully saturated rings. The van der Waals surface area contributed by atoms with Crippen molar-refractivity contribution in [2.24, 2.45) is 0 Å². The minimum Gasteiger partial charge on any atom is -0.318 e. The molecule has 0 N–H and O–H groups in total. The van der Waals surface area contributed by atoms with Crippen molar-refractivity contribution in [1.29, 1.82) is 0 Å². The lowest BCUT2D eigenvalue weighted by Gasteiger charge is -2.19. The van der Waals surface area contributed by atoms with Gasteiger partial charge in [0.25, 0.3) is 0 Å². The van der Waals surface area contributed by atoms with Crippen LogP contribution >= 0.6 is 7.14 Å². The van der Waals surface area contributed by atoms with Gasteiger partial charge in [0, 0.05) is 29.0 Å². The molecule has 1 aromatic heterocycles. The number of hydrogen-bond acceptors (Lipinski definition) is 2. The van der Waals surface area contributed by atoms with Gasteiger partial charge >= 0.3 is 0 Å². The molecule has 0 aromatic carbocycles. The van der Waals surface area contributed by atoms with Crippen LogP contribution < -0.4 is 5.30 Å². The molecule has 0 bridgehead atoms. The van der Waals surface area contributed by atoms with E-state index in [2.05, 4.69) is 11.9 Å². The third kappa shape index (κ3) is 1.47. The molecule has 1 aromatic rings. The summed E-state index contributed by atoms with van der Waals surface area (Å²) in [7, 11) is -2.09. The highest BCUT2D eigenvalue weighted by Gasteiger charge is 2.52. The van der Waals surface area contributed by atoms with Crippen LogP contribution in [0.3, 0.4) is 0 Å². The molecule has 0 unspecified atom stereocenters. The van der Waals surface area contributed by atoms with E-state index < -0.39 is 7.14 Å². The van der Waals surface area contributed by atoms with E-state index in [0.717, 1.165) is 5.30 Å². The van der Waals surface area contributed by atoms with Gasteiger partial charge in [-0.25, -0.2) is 0 Å². The van der Waals surface area contributed by atoms with Crippen LogP contribution in [-0.2, 0) is 4.57 Å². The van der Waals surface area contributed by atoms with Gasteiger partial charge in [0.2, 0.25) is 0 Å². The highest BCUT2D eigenvalue weighted by atomic mass is 31.2. The van der Waals surface area contributed by atoms with Gasteiger partial charge in [-0.2, -0.15) is 0 Å². The Morgan fingerprint density at radius 1 is 1.27 bits per heavy atom. The first kappa shape index (κ1) is 9.59. The zero-order valence-corrected chi connectivity index (χ0v) is 9.91. The Kier molecular flexibility index (Phi) is 2.04. The van der Waals surface area contributed by atoms with Gasteiger partial charge in [-0.1, -0.05) is 0 Å². The van der Waals surface area contributed by atoms with Crippen molar-refractivity contribution in [3.63, 3.8) is 0 Å². The van der Waals surface area contributed by atoms with Crippen LogP contribution in [0.25, 0.3) is 0 Å². The lowest BCUT2D eigenvalue weighted by molar-refractivity contribution is 0.579. The van der Waals surface area contributed by atoms with Gasteiger partial charge in [-0.05, 0) is 44.2 Å². The predicted molar refractivity (Wildman–Crippen MR) is 62.3 cm³/mol. The molecule has 0 aliphatic heterocycles. The van der Waals surface area contributed by atoms with Gasteiger partial charge in [-0.15, -0.1) is 0 Å². The van der Waals surface area contributed by atoms with Crippen molar-refractivity contribution >= 4 is 12.4 Å². The molecular formula is C12H16NOP. The quantitative estimate of drug-likeness (QED) is 0.734. The van der Waals surface area contributed by atoms with E-state index >= 15 is 0 Å². The highest BCUT2D eigenvalue weighted by Crippen LogP contribution is 2.69. The molecule has 80 valence electrons. The summed E-state index contributed by atoms with van der Waals surface area (Å²) in [6, 6.07) is 1.99. The minimum absolute atomic E-state index is 0.493. The highest BCUT2D eigenvalue weighted by molar-refractivity contribution is 7.73. The Hall–Kier alpha value is -0.620. The van der Waals surface area contributed by atoms with Crippen LogP contribution in [0.2, 0.25) is 0 Å². The zero-order chi connectivity index (χ0) is 10.5. The molecule has 1 heterocycles. The van der Waals surface area contributed by atoms with Crippen molar-refractivity contribution in [3.8, 4) is 0 Å². The molecule has 0 atom stereocenters. The number of rotatable bonds is 3. The summed E-state index contributed by atoms with van der Waals surface area (Å²) in [5, 5.41) is 1.08. The van der Waals surface area contributed by atoms with E-state index in [1.165, 1.54) is 31.2 Å². The molecule has 0 spiro atoms. The van der Waals surface area contributed by atoms with E-state index in [1.807, 2.05) is 12.3 Å². The van der Waals surface area contributed by atoms with Crippen LogP contribution in [0.5, 0.6) is 0 Å². The standard InChI is InChI=1S/C12H16NOP/c1-9-6-7-13-8-12(9)15(14,10-2-3-10)11-4-5-11/h6-8,10-11H,2-5H2,1H3. The number of hydrogen-bond donors (Lipinski definition) is 0. The smallest absolute Gasteiger partial charge is 0.123 e. The van der Waals surface area contributed by atoms with Crippen LogP contribution in [0.1, 0.15) is 31.2 Å². The second-order valence-corrected chi connectivity index (χ2v) is 8.20. The van der Waals surface area contributed by atoms with Crippen molar-refractivity contribution in [1.82, 2.24) is 4.98 Å². The summed E-state index contributed by atoms with van der Waals surface area (Å²) >= 11 is 0. The molecular weight excluding hydrogens is 205 g/mol. The van der Waals surface area contributed by atoms with E-state index in [9.17, 15) is 4.57 Å². The summed E-state index contributed by atoms with van der Waals surface area (Å²) in [6.45, 7) is 2.06. The first-order chi connectivity index (χ1) is 7.23. The Labute approximate surface area is 90.5 Å². The molecule has 3 rings (SSSR count). The molecule has 2 aliphatic carbocycles. The molecule has 2 saturated carbocycles. The number of nitrogens with zero attached hydrogens (tertiary/aromatic N) is 1. The summed E-state index contributed by atoms with van der Waals surface area (Å²) in [5.41, 5.74) is 2.16. The summed E-state index contributed by atoms with van der Waals surface area (Å²) in [6.07, 6.45) is 8.32.